The normalized spacial score (nSPS) is 17.9. The van der Waals surface area contributed by atoms with Crippen LogP contribution in [0.15, 0.2) is 24.3 Å². The van der Waals surface area contributed by atoms with Gasteiger partial charge in [0.25, 0.3) is 5.91 Å². The van der Waals surface area contributed by atoms with Crippen molar-refractivity contribution in [3.63, 3.8) is 0 Å². The molecule has 0 radical (unpaired) electrons. The molecule has 0 N–H and O–H groups in total. The monoisotopic (exact) mass is 415 g/mol. The fraction of sp³-hybridized carbons (Fsp3) is 0.565. The Bertz CT molecular complexity index is 751. The van der Waals surface area contributed by atoms with Gasteiger partial charge in [0, 0.05) is 39.3 Å². The van der Waals surface area contributed by atoms with Crippen molar-refractivity contribution in [1.29, 1.82) is 0 Å². The zero-order chi connectivity index (χ0) is 21.3. The lowest BCUT2D eigenvalue weighted by atomic mass is 10.1. The molecule has 3 rings (SSSR count). The number of likely N-dealkylation sites (tertiary alicyclic amines) is 1. The molecule has 0 bridgehead atoms. The Morgan fingerprint density at radius 3 is 2.30 bits per heavy atom. The topological polar surface area (TPSA) is 62.3 Å². The zero-order valence-electron chi connectivity index (χ0n) is 18.1. The van der Waals surface area contributed by atoms with Crippen molar-refractivity contribution in [3.05, 3.63) is 29.8 Å². The highest BCUT2D eigenvalue weighted by Gasteiger charge is 2.25. The summed E-state index contributed by atoms with van der Waals surface area (Å²) in [7, 11) is 1.59. The van der Waals surface area contributed by atoms with Gasteiger partial charge in [0.05, 0.1) is 13.7 Å². The molecule has 0 saturated carbocycles. The molecule has 30 heavy (non-hydrogen) atoms. The van der Waals surface area contributed by atoms with Crippen LogP contribution >= 0.6 is 0 Å². The second kappa shape index (κ2) is 11.0. The maximum absolute atomic E-state index is 12.6. The van der Waals surface area contributed by atoms with E-state index in [2.05, 4.69) is 4.90 Å². The quantitative estimate of drug-likeness (QED) is 0.684. The van der Waals surface area contributed by atoms with Crippen molar-refractivity contribution in [2.24, 2.45) is 0 Å². The molecule has 0 aromatic heterocycles. The molecule has 2 heterocycles. The number of carbonyl (C=O) groups is 2. The summed E-state index contributed by atoms with van der Waals surface area (Å²) in [5.74, 6) is 1.34. The number of ether oxygens (including phenoxy) is 2. The van der Waals surface area contributed by atoms with Gasteiger partial charge in [0.15, 0.2) is 18.1 Å². The van der Waals surface area contributed by atoms with Gasteiger partial charge in [-0.05, 0) is 43.9 Å². The largest absolute Gasteiger partial charge is 0.493 e. The molecule has 1 aromatic rings. The summed E-state index contributed by atoms with van der Waals surface area (Å²) >= 11 is 0. The van der Waals surface area contributed by atoms with Crippen LogP contribution in [-0.4, -0.2) is 86.0 Å². The molecule has 2 fully saturated rings. The first-order valence-electron chi connectivity index (χ1n) is 10.8. The molecule has 0 spiro atoms. The molecule has 7 nitrogen and oxygen atoms in total. The number of amides is 2. The highest BCUT2D eigenvalue weighted by Crippen LogP contribution is 2.28. The second-order valence-electron chi connectivity index (χ2n) is 7.80. The van der Waals surface area contributed by atoms with Crippen LogP contribution < -0.4 is 9.47 Å². The van der Waals surface area contributed by atoms with Crippen LogP contribution in [0.5, 0.6) is 11.5 Å². The molecule has 0 atom stereocenters. The molecule has 0 unspecified atom stereocenters. The molecule has 2 amide bonds. The summed E-state index contributed by atoms with van der Waals surface area (Å²) in [5, 5.41) is 0. The average Bonchev–Trinajstić information content (AvgIpc) is 2.79. The molecule has 2 aliphatic heterocycles. The number of nitrogens with zero attached hydrogens (tertiary/aromatic N) is 3. The van der Waals surface area contributed by atoms with E-state index in [-0.39, 0.29) is 18.4 Å². The number of hydrogen-bond acceptors (Lipinski definition) is 5. The average molecular weight is 416 g/mol. The van der Waals surface area contributed by atoms with Crippen molar-refractivity contribution in [1.82, 2.24) is 14.7 Å². The fourth-order valence-corrected chi connectivity index (χ4v) is 3.92. The summed E-state index contributed by atoms with van der Waals surface area (Å²) in [6, 6.07) is 5.64. The molecular weight excluding hydrogens is 382 g/mol. The van der Waals surface area contributed by atoms with E-state index < -0.39 is 0 Å². The third-order valence-electron chi connectivity index (χ3n) is 5.69. The summed E-state index contributed by atoms with van der Waals surface area (Å²) in [4.78, 5) is 30.9. The molecule has 0 aliphatic carbocycles. The standard InChI is InChI=1S/C23H33N3O4/c1-3-7-19-8-9-20(21(16-19)29-2)30-18-23(28)26-14-12-24(13-15-26)17-22(27)25-10-5-4-6-11-25/h3,7-9,16H,4-6,10-15,17-18H2,1-2H3/b7-3+. The smallest absolute Gasteiger partial charge is 0.260 e. The lowest BCUT2D eigenvalue weighted by molar-refractivity contribution is -0.136. The number of benzene rings is 1. The second-order valence-corrected chi connectivity index (χ2v) is 7.80. The minimum Gasteiger partial charge on any atom is -0.493 e. The molecule has 2 aliphatic rings. The maximum atomic E-state index is 12.6. The Morgan fingerprint density at radius 2 is 1.63 bits per heavy atom. The van der Waals surface area contributed by atoms with Gasteiger partial charge in [-0.1, -0.05) is 18.2 Å². The lowest BCUT2D eigenvalue weighted by Crippen LogP contribution is -2.52. The molecular formula is C23H33N3O4. The maximum Gasteiger partial charge on any atom is 0.260 e. The van der Waals surface area contributed by atoms with Gasteiger partial charge in [0.2, 0.25) is 5.91 Å². The van der Waals surface area contributed by atoms with E-state index in [1.165, 1.54) is 6.42 Å². The molecule has 7 heteroatoms. The van der Waals surface area contributed by atoms with E-state index in [0.29, 0.717) is 44.2 Å². The third kappa shape index (κ3) is 5.98. The van der Waals surface area contributed by atoms with Crippen LogP contribution in [0.1, 0.15) is 31.7 Å². The van der Waals surface area contributed by atoms with Crippen molar-refractivity contribution in [2.45, 2.75) is 26.2 Å². The van der Waals surface area contributed by atoms with Crippen LogP contribution in [0.25, 0.3) is 6.08 Å². The van der Waals surface area contributed by atoms with Crippen molar-refractivity contribution >= 4 is 17.9 Å². The van der Waals surface area contributed by atoms with E-state index in [1.54, 1.807) is 7.11 Å². The lowest BCUT2D eigenvalue weighted by Gasteiger charge is -2.36. The minimum absolute atomic E-state index is 0.0218. The molecule has 164 valence electrons. The van der Waals surface area contributed by atoms with Crippen LogP contribution in [0, 0.1) is 0 Å². The van der Waals surface area contributed by atoms with Crippen molar-refractivity contribution < 1.29 is 19.1 Å². The van der Waals surface area contributed by atoms with E-state index in [1.807, 2.05) is 47.1 Å². The highest BCUT2D eigenvalue weighted by atomic mass is 16.5. The van der Waals surface area contributed by atoms with E-state index in [0.717, 1.165) is 31.5 Å². The Kier molecular flexibility index (Phi) is 8.13. The van der Waals surface area contributed by atoms with Crippen molar-refractivity contribution in [2.75, 3.05) is 59.5 Å². The summed E-state index contributed by atoms with van der Waals surface area (Å²) in [6.45, 7) is 6.82. The van der Waals surface area contributed by atoms with Gasteiger partial charge in [-0.3, -0.25) is 14.5 Å². The first-order chi connectivity index (χ1) is 14.6. The number of hydrogen-bond donors (Lipinski definition) is 0. The fourth-order valence-electron chi connectivity index (χ4n) is 3.92. The zero-order valence-corrected chi connectivity index (χ0v) is 18.1. The van der Waals surface area contributed by atoms with E-state index >= 15 is 0 Å². The Morgan fingerprint density at radius 1 is 0.933 bits per heavy atom. The summed E-state index contributed by atoms with van der Waals surface area (Å²) < 4.78 is 11.1. The van der Waals surface area contributed by atoms with E-state index in [9.17, 15) is 9.59 Å². The Labute approximate surface area is 179 Å². The van der Waals surface area contributed by atoms with Gasteiger partial charge in [-0.2, -0.15) is 0 Å². The van der Waals surface area contributed by atoms with Gasteiger partial charge in [-0.15, -0.1) is 0 Å². The first-order valence-corrected chi connectivity index (χ1v) is 10.8. The van der Waals surface area contributed by atoms with Gasteiger partial charge >= 0.3 is 0 Å². The van der Waals surface area contributed by atoms with Gasteiger partial charge in [0.1, 0.15) is 0 Å². The first kappa shape index (κ1) is 22.2. The van der Waals surface area contributed by atoms with Crippen LogP contribution in [0.4, 0.5) is 0 Å². The predicted molar refractivity (Wildman–Crippen MR) is 117 cm³/mol. The highest BCUT2D eigenvalue weighted by molar-refractivity contribution is 5.79. The summed E-state index contributed by atoms with van der Waals surface area (Å²) in [5.41, 5.74) is 1.02. The predicted octanol–water partition coefficient (Wildman–Crippen LogP) is 2.26. The van der Waals surface area contributed by atoms with Crippen molar-refractivity contribution in [3.8, 4) is 11.5 Å². The molecule has 1 aromatic carbocycles. The number of piperidine rings is 1. The third-order valence-corrected chi connectivity index (χ3v) is 5.69. The Hall–Kier alpha value is -2.54. The number of allylic oxidation sites excluding steroid dienone is 1. The number of carbonyl (C=O) groups excluding carboxylic acids is 2. The van der Waals surface area contributed by atoms with E-state index in [4.69, 9.17) is 9.47 Å². The van der Waals surface area contributed by atoms with Gasteiger partial charge < -0.3 is 19.3 Å². The molecule has 2 saturated heterocycles. The summed E-state index contributed by atoms with van der Waals surface area (Å²) in [6.07, 6.45) is 7.37. The van der Waals surface area contributed by atoms with Gasteiger partial charge in [-0.25, -0.2) is 0 Å². The SMILES string of the molecule is C/C=C/c1ccc(OCC(=O)N2CCN(CC(=O)N3CCCCC3)CC2)c(OC)c1. The minimum atomic E-state index is -0.0448. The van der Waals surface area contributed by atoms with Crippen LogP contribution in [-0.2, 0) is 9.59 Å². The number of piperazine rings is 1. The van der Waals surface area contributed by atoms with Crippen LogP contribution in [0.3, 0.4) is 0 Å². The van der Waals surface area contributed by atoms with Crippen LogP contribution in [0.2, 0.25) is 0 Å². The number of rotatable bonds is 7. The number of methoxy groups -OCH3 is 1. The Balaban J connectivity index is 1.43.